The summed E-state index contributed by atoms with van der Waals surface area (Å²) in [6.45, 7) is 2.34. The molecule has 0 heterocycles. The van der Waals surface area contributed by atoms with Crippen LogP contribution < -0.4 is 4.90 Å². The molecule has 3 heteroatoms. The van der Waals surface area contributed by atoms with Crippen LogP contribution in [0.5, 0.6) is 0 Å². The lowest BCUT2D eigenvalue weighted by Gasteiger charge is -2.26. The molecule has 1 atom stereocenters. The molecule has 140 valence electrons. The fourth-order valence-electron chi connectivity index (χ4n) is 3.38. The Morgan fingerprint density at radius 1 is 0.714 bits per heavy atom. The summed E-state index contributed by atoms with van der Waals surface area (Å²) in [6, 6.07) is 33.0. The molecule has 4 aromatic carbocycles. The summed E-state index contributed by atoms with van der Waals surface area (Å²) in [6.07, 6.45) is -0.898. The van der Waals surface area contributed by atoms with Crippen molar-refractivity contribution in [2.24, 2.45) is 0 Å². The van der Waals surface area contributed by atoms with Gasteiger partial charge in [-0.25, -0.2) is 0 Å². The molecule has 28 heavy (non-hydrogen) atoms. The van der Waals surface area contributed by atoms with Crippen molar-refractivity contribution < 1.29 is 9.84 Å². The van der Waals surface area contributed by atoms with Crippen molar-refractivity contribution in [3.63, 3.8) is 0 Å². The molecular weight excluding hydrogens is 346 g/mol. The van der Waals surface area contributed by atoms with E-state index < -0.39 is 6.29 Å². The van der Waals surface area contributed by atoms with Crippen LogP contribution in [-0.4, -0.2) is 11.7 Å². The molecule has 0 aliphatic carbocycles. The van der Waals surface area contributed by atoms with Crippen LogP contribution in [0.25, 0.3) is 10.8 Å². The zero-order valence-corrected chi connectivity index (χ0v) is 15.8. The Morgan fingerprint density at radius 3 is 2.04 bits per heavy atom. The monoisotopic (exact) mass is 369 g/mol. The number of anilines is 3. The van der Waals surface area contributed by atoms with Crippen LogP contribution in [0.4, 0.5) is 17.1 Å². The van der Waals surface area contributed by atoms with Gasteiger partial charge in [-0.05, 0) is 54.1 Å². The number of aliphatic hydroxyl groups excluding tert-OH is 1. The molecule has 1 unspecified atom stereocenters. The number of benzene rings is 4. The maximum absolute atomic E-state index is 10.1. The topological polar surface area (TPSA) is 32.7 Å². The predicted octanol–water partition coefficient (Wildman–Crippen LogP) is 6.34. The minimum absolute atomic E-state index is 0.468. The molecule has 0 saturated carbocycles. The third-order valence-electron chi connectivity index (χ3n) is 4.77. The van der Waals surface area contributed by atoms with Gasteiger partial charge < -0.3 is 14.7 Å². The van der Waals surface area contributed by atoms with E-state index in [0.29, 0.717) is 6.61 Å². The third kappa shape index (κ3) is 3.77. The minimum atomic E-state index is -0.898. The SMILES string of the molecule is CCOC(O)c1ccc(N(c2ccccc2)c2ccc3ccccc3c2)cc1. The number of fused-ring (bicyclic) bond motifs is 1. The zero-order valence-electron chi connectivity index (χ0n) is 15.8. The minimum Gasteiger partial charge on any atom is -0.364 e. The number of rotatable bonds is 6. The van der Waals surface area contributed by atoms with Gasteiger partial charge in [-0.15, -0.1) is 0 Å². The first-order valence-electron chi connectivity index (χ1n) is 9.50. The van der Waals surface area contributed by atoms with Gasteiger partial charge in [0.25, 0.3) is 0 Å². The molecule has 0 spiro atoms. The molecule has 4 aromatic rings. The molecule has 3 nitrogen and oxygen atoms in total. The Hall–Kier alpha value is -3.14. The number of ether oxygens (including phenoxy) is 1. The van der Waals surface area contributed by atoms with Gasteiger partial charge >= 0.3 is 0 Å². The Kier molecular flexibility index (Phi) is 5.38. The maximum Gasteiger partial charge on any atom is 0.181 e. The summed E-state index contributed by atoms with van der Waals surface area (Å²) in [5.41, 5.74) is 3.94. The maximum atomic E-state index is 10.1. The summed E-state index contributed by atoms with van der Waals surface area (Å²) in [4.78, 5) is 2.21. The molecule has 4 rings (SSSR count). The smallest absolute Gasteiger partial charge is 0.181 e. The second-order valence-corrected chi connectivity index (χ2v) is 6.60. The van der Waals surface area contributed by atoms with E-state index >= 15 is 0 Å². The van der Waals surface area contributed by atoms with Crippen LogP contribution in [0.3, 0.4) is 0 Å². The first-order valence-corrected chi connectivity index (χ1v) is 9.50. The van der Waals surface area contributed by atoms with E-state index in [1.807, 2.05) is 49.4 Å². The molecule has 0 aliphatic rings. The van der Waals surface area contributed by atoms with Gasteiger partial charge in [0.1, 0.15) is 0 Å². The van der Waals surface area contributed by atoms with Gasteiger partial charge in [-0.1, -0.05) is 60.7 Å². The molecule has 0 aliphatic heterocycles. The van der Waals surface area contributed by atoms with E-state index in [9.17, 15) is 5.11 Å². The van der Waals surface area contributed by atoms with E-state index in [4.69, 9.17) is 4.74 Å². The highest BCUT2D eigenvalue weighted by atomic mass is 16.6. The van der Waals surface area contributed by atoms with Crippen molar-refractivity contribution in [3.05, 3.63) is 103 Å². The van der Waals surface area contributed by atoms with Crippen molar-refractivity contribution in [1.82, 2.24) is 0 Å². The highest BCUT2D eigenvalue weighted by Crippen LogP contribution is 2.36. The lowest BCUT2D eigenvalue weighted by atomic mass is 10.1. The van der Waals surface area contributed by atoms with Crippen molar-refractivity contribution in [2.45, 2.75) is 13.2 Å². The number of nitrogens with zero attached hydrogens (tertiary/aromatic N) is 1. The van der Waals surface area contributed by atoms with E-state index in [1.54, 1.807) is 0 Å². The Balaban J connectivity index is 1.77. The molecule has 0 radical (unpaired) electrons. The van der Waals surface area contributed by atoms with Crippen LogP contribution in [-0.2, 0) is 4.74 Å². The third-order valence-corrected chi connectivity index (χ3v) is 4.77. The average molecular weight is 369 g/mol. The second-order valence-electron chi connectivity index (χ2n) is 6.60. The van der Waals surface area contributed by atoms with Crippen LogP contribution >= 0.6 is 0 Å². The standard InChI is InChI=1S/C25H23NO2/c1-2-28-25(27)20-13-15-23(16-14-20)26(22-10-4-3-5-11-22)24-17-12-19-8-6-7-9-21(19)18-24/h3-18,25,27H,2H2,1H3. The molecule has 1 N–H and O–H groups in total. The first kappa shape index (κ1) is 18.2. The summed E-state index contributed by atoms with van der Waals surface area (Å²) in [5, 5.41) is 12.5. The molecule has 0 saturated heterocycles. The quantitative estimate of drug-likeness (QED) is 0.403. The average Bonchev–Trinajstić information content (AvgIpc) is 2.75. The van der Waals surface area contributed by atoms with Crippen molar-refractivity contribution in [2.75, 3.05) is 11.5 Å². The number of aliphatic hydroxyl groups is 1. The normalized spacial score (nSPS) is 12.1. The largest absolute Gasteiger partial charge is 0.364 e. The fourth-order valence-corrected chi connectivity index (χ4v) is 3.38. The highest BCUT2D eigenvalue weighted by Gasteiger charge is 2.14. The Bertz CT molecular complexity index is 1040. The van der Waals surface area contributed by atoms with E-state index in [1.165, 1.54) is 10.8 Å². The summed E-state index contributed by atoms with van der Waals surface area (Å²) in [5.74, 6) is 0. The van der Waals surface area contributed by atoms with E-state index in [-0.39, 0.29) is 0 Å². The van der Waals surface area contributed by atoms with E-state index in [0.717, 1.165) is 22.6 Å². The predicted molar refractivity (Wildman–Crippen MR) is 115 cm³/mol. The molecule has 0 amide bonds. The number of hydrogen-bond donors (Lipinski definition) is 1. The van der Waals surface area contributed by atoms with Gasteiger partial charge in [-0.3, -0.25) is 0 Å². The van der Waals surface area contributed by atoms with E-state index in [2.05, 4.69) is 59.5 Å². The zero-order chi connectivity index (χ0) is 19.3. The van der Waals surface area contributed by atoms with Crippen molar-refractivity contribution in [1.29, 1.82) is 0 Å². The van der Waals surface area contributed by atoms with Crippen molar-refractivity contribution >= 4 is 27.8 Å². The van der Waals surface area contributed by atoms with Crippen molar-refractivity contribution in [3.8, 4) is 0 Å². The second kappa shape index (κ2) is 8.26. The summed E-state index contributed by atoms with van der Waals surface area (Å²) >= 11 is 0. The summed E-state index contributed by atoms with van der Waals surface area (Å²) < 4.78 is 5.29. The Labute approximate surface area is 165 Å². The number of para-hydroxylation sites is 1. The van der Waals surface area contributed by atoms with Gasteiger partial charge in [-0.2, -0.15) is 0 Å². The lowest BCUT2D eigenvalue weighted by molar-refractivity contribution is -0.0979. The summed E-state index contributed by atoms with van der Waals surface area (Å²) in [7, 11) is 0. The van der Waals surface area contributed by atoms with Crippen LogP contribution in [0.1, 0.15) is 18.8 Å². The van der Waals surface area contributed by atoms with Crippen LogP contribution in [0, 0.1) is 0 Å². The Morgan fingerprint density at radius 2 is 1.32 bits per heavy atom. The highest BCUT2D eigenvalue weighted by molar-refractivity contribution is 5.89. The molecule has 0 bridgehead atoms. The molecular formula is C25H23NO2. The molecule has 0 fully saturated rings. The van der Waals surface area contributed by atoms with Gasteiger partial charge in [0.2, 0.25) is 0 Å². The lowest BCUT2D eigenvalue weighted by Crippen LogP contribution is -2.10. The molecule has 0 aromatic heterocycles. The van der Waals surface area contributed by atoms with Gasteiger partial charge in [0.15, 0.2) is 6.29 Å². The van der Waals surface area contributed by atoms with Gasteiger partial charge in [0, 0.05) is 29.2 Å². The van der Waals surface area contributed by atoms with Crippen LogP contribution in [0.2, 0.25) is 0 Å². The first-order chi connectivity index (χ1) is 13.8. The van der Waals surface area contributed by atoms with Gasteiger partial charge in [0.05, 0.1) is 0 Å². The van der Waals surface area contributed by atoms with Crippen LogP contribution in [0.15, 0.2) is 97.1 Å². The number of hydrogen-bond acceptors (Lipinski definition) is 3. The fraction of sp³-hybridized carbons (Fsp3) is 0.120.